The summed E-state index contributed by atoms with van der Waals surface area (Å²) in [6, 6.07) is 5.29. The second-order valence-corrected chi connectivity index (χ2v) is 6.67. The summed E-state index contributed by atoms with van der Waals surface area (Å²) in [4.78, 5) is 4.39. The molecule has 0 aliphatic heterocycles. The summed E-state index contributed by atoms with van der Waals surface area (Å²) in [5.74, 6) is -0.357. The van der Waals surface area contributed by atoms with Crippen molar-refractivity contribution in [3.63, 3.8) is 0 Å². The van der Waals surface area contributed by atoms with Gasteiger partial charge in [-0.15, -0.1) is 0 Å². The fourth-order valence-electron chi connectivity index (χ4n) is 2.29. The molecule has 0 saturated carbocycles. The van der Waals surface area contributed by atoms with Gasteiger partial charge in [0.25, 0.3) is 0 Å². The minimum atomic E-state index is -1.06. The lowest BCUT2D eigenvalue weighted by molar-refractivity contribution is 0.0677. The monoisotopic (exact) mass is 367 g/mol. The van der Waals surface area contributed by atoms with Crippen LogP contribution < -0.4 is 10.6 Å². The predicted octanol–water partition coefficient (Wildman–Crippen LogP) is 3.03. The number of guanidine groups is 1. The summed E-state index contributed by atoms with van der Waals surface area (Å²) in [6.45, 7) is 4.88. The van der Waals surface area contributed by atoms with Gasteiger partial charge in [0.05, 0.1) is 6.54 Å². The molecule has 0 saturated heterocycles. The second kappa shape index (κ2) is 8.92. The molecule has 1 atom stereocenters. The van der Waals surface area contributed by atoms with Gasteiger partial charge >= 0.3 is 0 Å². The van der Waals surface area contributed by atoms with Gasteiger partial charge in [-0.2, -0.15) is 11.3 Å². The van der Waals surface area contributed by atoms with Gasteiger partial charge in [-0.3, -0.25) is 0 Å². The molecule has 1 aromatic carbocycles. The number of benzene rings is 1. The lowest BCUT2D eigenvalue weighted by Crippen LogP contribution is -2.39. The van der Waals surface area contributed by atoms with Crippen LogP contribution in [0.25, 0.3) is 0 Å². The van der Waals surface area contributed by atoms with Crippen molar-refractivity contribution in [1.29, 1.82) is 0 Å². The quantitative estimate of drug-likeness (QED) is 0.521. The van der Waals surface area contributed by atoms with Crippen molar-refractivity contribution in [1.82, 2.24) is 10.6 Å². The van der Waals surface area contributed by atoms with Crippen LogP contribution in [0.4, 0.5) is 8.78 Å². The molecular weight excluding hydrogens is 344 g/mol. The van der Waals surface area contributed by atoms with Crippen LogP contribution >= 0.6 is 11.3 Å². The normalized spacial score (nSPS) is 14.2. The van der Waals surface area contributed by atoms with Crippen LogP contribution in [0.3, 0.4) is 0 Å². The van der Waals surface area contributed by atoms with E-state index < -0.39 is 17.2 Å². The van der Waals surface area contributed by atoms with Crippen LogP contribution in [0.1, 0.15) is 25.0 Å². The zero-order valence-electron chi connectivity index (χ0n) is 14.4. The molecule has 2 rings (SSSR count). The maximum Gasteiger partial charge on any atom is 0.191 e. The molecule has 136 valence electrons. The number of aliphatic hydroxyl groups is 1. The Morgan fingerprint density at radius 2 is 2.08 bits per heavy atom. The van der Waals surface area contributed by atoms with E-state index >= 15 is 0 Å². The Balaban J connectivity index is 1.94. The highest BCUT2D eigenvalue weighted by atomic mass is 32.1. The van der Waals surface area contributed by atoms with E-state index in [1.165, 1.54) is 17.4 Å². The van der Waals surface area contributed by atoms with E-state index in [0.717, 1.165) is 17.7 Å². The molecule has 0 radical (unpaired) electrons. The van der Waals surface area contributed by atoms with Gasteiger partial charge in [-0.05, 0) is 66.4 Å². The maximum atomic E-state index is 13.6. The number of nitrogens with one attached hydrogen (secondary N) is 2. The Kier molecular flexibility index (Phi) is 6.90. The zero-order valence-corrected chi connectivity index (χ0v) is 15.2. The molecular formula is C18H23F2N3OS. The zero-order chi connectivity index (χ0) is 18.3. The van der Waals surface area contributed by atoms with Crippen molar-refractivity contribution in [2.45, 2.75) is 25.9 Å². The lowest BCUT2D eigenvalue weighted by atomic mass is 10.00. The van der Waals surface area contributed by atoms with E-state index in [1.807, 2.05) is 23.8 Å². The summed E-state index contributed by atoms with van der Waals surface area (Å²) < 4.78 is 26.8. The molecule has 2 aromatic rings. The van der Waals surface area contributed by atoms with Gasteiger partial charge in [-0.25, -0.2) is 13.8 Å². The van der Waals surface area contributed by atoms with Crippen molar-refractivity contribution < 1.29 is 13.9 Å². The molecule has 7 heteroatoms. The minimum absolute atomic E-state index is 0.188. The molecule has 0 aliphatic rings. The summed E-state index contributed by atoms with van der Waals surface area (Å²) in [6.07, 6.45) is 0.328. The molecule has 0 spiro atoms. The van der Waals surface area contributed by atoms with Crippen molar-refractivity contribution in [2.24, 2.45) is 4.99 Å². The van der Waals surface area contributed by atoms with Gasteiger partial charge in [0.15, 0.2) is 5.96 Å². The molecule has 0 fully saturated rings. The SMILES string of the molecule is CCNC(=NCC(C)(O)c1ccsc1)NCCc1cc(F)ccc1F. The van der Waals surface area contributed by atoms with Gasteiger partial charge in [-0.1, -0.05) is 0 Å². The van der Waals surface area contributed by atoms with Crippen LogP contribution in [-0.4, -0.2) is 30.7 Å². The fourth-order valence-corrected chi connectivity index (χ4v) is 3.07. The Hall–Kier alpha value is -1.99. The lowest BCUT2D eigenvalue weighted by Gasteiger charge is -2.21. The highest BCUT2D eigenvalue weighted by Crippen LogP contribution is 2.23. The molecule has 25 heavy (non-hydrogen) atoms. The number of aliphatic imine (C=N–C) groups is 1. The van der Waals surface area contributed by atoms with Crippen molar-refractivity contribution >= 4 is 17.3 Å². The largest absolute Gasteiger partial charge is 0.383 e. The first-order chi connectivity index (χ1) is 11.9. The summed E-state index contributed by atoms with van der Waals surface area (Å²) in [7, 11) is 0. The average molecular weight is 367 g/mol. The molecule has 1 heterocycles. The van der Waals surface area contributed by atoms with Crippen LogP contribution in [0, 0.1) is 11.6 Å². The van der Waals surface area contributed by atoms with E-state index in [-0.39, 0.29) is 6.54 Å². The first-order valence-electron chi connectivity index (χ1n) is 8.13. The number of hydrogen-bond acceptors (Lipinski definition) is 3. The second-order valence-electron chi connectivity index (χ2n) is 5.89. The first-order valence-corrected chi connectivity index (χ1v) is 9.08. The summed E-state index contributed by atoms with van der Waals surface area (Å²) in [5, 5.41) is 20.5. The third kappa shape index (κ3) is 5.79. The predicted molar refractivity (Wildman–Crippen MR) is 97.9 cm³/mol. The molecule has 1 aromatic heterocycles. The molecule has 3 N–H and O–H groups in total. The molecule has 0 aliphatic carbocycles. The molecule has 0 amide bonds. The van der Waals surface area contributed by atoms with E-state index in [1.54, 1.807) is 6.92 Å². The van der Waals surface area contributed by atoms with Gasteiger partial charge in [0.2, 0.25) is 0 Å². The number of halogens is 2. The first kappa shape index (κ1) is 19.3. The number of thiophene rings is 1. The van der Waals surface area contributed by atoms with Gasteiger partial charge < -0.3 is 15.7 Å². The van der Waals surface area contributed by atoms with E-state index in [0.29, 0.717) is 31.0 Å². The van der Waals surface area contributed by atoms with Crippen molar-refractivity contribution in [2.75, 3.05) is 19.6 Å². The van der Waals surface area contributed by atoms with Crippen molar-refractivity contribution in [3.8, 4) is 0 Å². The van der Waals surface area contributed by atoms with Gasteiger partial charge in [0.1, 0.15) is 17.2 Å². The maximum absolute atomic E-state index is 13.6. The fraction of sp³-hybridized carbons (Fsp3) is 0.389. The van der Waals surface area contributed by atoms with Crippen LogP contribution in [-0.2, 0) is 12.0 Å². The Morgan fingerprint density at radius 3 is 2.76 bits per heavy atom. The Labute approximate surface area is 150 Å². The summed E-state index contributed by atoms with van der Waals surface area (Å²) >= 11 is 1.52. The Bertz CT molecular complexity index is 702. The standard InChI is InChI=1S/C18H23F2N3OS/c1-3-21-17(23-12-18(2,24)14-7-9-25-11-14)22-8-6-13-10-15(19)4-5-16(13)20/h4-5,7,9-11,24H,3,6,8,12H2,1-2H3,(H2,21,22,23). The third-order valence-electron chi connectivity index (χ3n) is 3.73. The highest BCUT2D eigenvalue weighted by molar-refractivity contribution is 7.08. The van der Waals surface area contributed by atoms with Crippen LogP contribution in [0.5, 0.6) is 0 Å². The van der Waals surface area contributed by atoms with Crippen molar-refractivity contribution in [3.05, 3.63) is 57.8 Å². The minimum Gasteiger partial charge on any atom is -0.383 e. The van der Waals surface area contributed by atoms with Crippen LogP contribution in [0.15, 0.2) is 40.0 Å². The smallest absolute Gasteiger partial charge is 0.191 e. The van der Waals surface area contributed by atoms with Crippen LogP contribution in [0.2, 0.25) is 0 Å². The third-order valence-corrected chi connectivity index (χ3v) is 4.41. The topological polar surface area (TPSA) is 56.7 Å². The summed E-state index contributed by atoms with van der Waals surface area (Å²) in [5.41, 5.74) is 0.0735. The Morgan fingerprint density at radius 1 is 1.28 bits per heavy atom. The average Bonchev–Trinajstić information content (AvgIpc) is 3.11. The highest BCUT2D eigenvalue weighted by Gasteiger charge is 2.23. The number of rotatable bonds is 7. The molecule has 4 nitrogen and oxygen atoms in total. The van der Waals surface area contributed by atoms with E-state index in [2.05, 4.69) is 15.6 Å². The number of nitrogens with zero attached hydrogens (tertiary/aromatic N) is 1. The molecule has 0 bridgehead atoms. The number of hydrogen-bond donors (Lipinski definition) is 3. The van der Waals surface area contributed by atoms with E-state index in [4.69, 9.17) is 0 Å². The van der Waals surface area contributed by atoms with Gasteiger partial charge in [0, 0.05) is 13.1 Å². The van der Waals surface area contributed by atoms with E-state index in [9.17, 15) is 13.9 Å². The molecule has 1 unspecified atom stereocenters.